The van der Waals surface area contributed by atoms with Crippen LogP contribution in [0.2, 0.25) is 0 Å². The molecule has 0 rings (SSSR count). The summed E-state index contributed by atoms with van der Waals surface area (Å²) in [6.07, 6.45) is 1.51. The van der Waals surface area contributed by atoms with Gasteiger partial charge < -0.3 is 9.84 Å². The van der Waals surface area contributed by atoms with E-state index in [0.29, 0.717) is 12.8 Å². The first kappa shape index (κ1) is 13.1. The SMILES string of the molecule is CC/C(=C\C[C@H](C)C(O)OC)[N+](=O)[O-]. The van der Waals surface area contributed by atoms with E-state index >= 15 is 0 Å². The minimum atomic E-state index is -0.865. The van der Waals surface area contributed by atoms with Crippen LogP contribution >= 0.6 is 0 Å². The number of nitrogens with zero attached hydrogens (tertiary/aromatic N) is 1. The average molecular weight is 203 g/mol. The van der Waals surface area contributed by atoms with E-state index in [2.05, 4.69) is 0 Å². The van der Waals surface area contributed by atoms with E-state index < -0.39 is 11.2 Å². The normalized spacial score (nSPS) is 16.4. The number of nitro groups is 1. The zero-order chi connectivity index (χ0) is 11.1. The Kier molecular flexibility index (Phi) is 6.07. The number of hydrogen-bond acceptors (Lipinski definition) is 4. The summed E-state index contributed by atoms with van der Waals surface area (Å²) < 4.78 is 4.69. The summed E-state index contributed by atoms with van der Waals surface area (Å²) in [6, 6.07) is 0. The number of ether oxygens (including phenoxy) is 1. The van der Waals surface area contributed by atoms with E-state index in [9.17, 15) is 15.2 Å². The van der Waals surface area contributed by atoms with Crippen LogP contribution < -0.4 is 0 Å². The van der Waals surface area contributed by atoms with E-state index in [-0.39, 0.29) is 11.6 Å². The lowest BCUT2D eigenvalue weighted by Crippen LogP contribution is -2.19. The Bertz CT molecular complexity index is 215. The van der Waals surface area contributed by atoms with Gasteiger partial charge in [0.15, 0.2) is 6.29 Å². The molecule has 0 heterocycles. The van der Waals surface area contributed by atoms with E-state index in [1.807, 2.05) is 0 Å². The van der Waals surface area contributed by atoms with Gasteiger partial charge in [-0.15, -0.1) is 0 Å². The van der Waals surface area contributed by atoms with Gasteiger partial charge in [0.05, 0.1) is 4.92 Å². The highest BCUT2D eigenvalue weighted by molar-refractivity contribution is 4.91. The van der Waals surface area contributed by atoms with Crippen molar-refractivity contribution >= 4 is 0 Å². The van der Waals surface area contributed by atoms with E-state index in [0.717, 1.165) is 0 Å². The number of rotatable bonds is 6. The monoisotopic (exact) mass is 203 g/mol. The largest absolute Gasteiger partial charge is 0.368 e. The van der Waals surface area contributed by atoms with Crippen LogP contribution in [0.1, 0.15) is 26.7 Å². The van der Waals surface area contributed by atoms with Crippen molar-refractivity contribution in [1.82, 2.24) is 0 Å². The van der Waals surface area contributed by atoms with E-state index in [4.69, 9.17) is 4.74 Å². The molecular weight excluding hydrogens is 186 g/mol. The molecule has 82 valence electrons. The summed E-state index contributed by atoms with van der Waals surface area (Å²) >= 11 is 0. The fourth-order valence-corrected chi connectivity index (χ4v) is 1.02. The summed E-state index contributed by atoms with van der Waals surface area (Å²) in [5.74, 6) is -0.138. The lowest BCUT2D eigenvalue weighted by atomic mass is 10.1. The Morgan fingerprint density at radius 2 is 2.29 bits per heavy atom. The number of hydrogen-bond donors (Lipinski definition) is 1. The van der Waals surface area contributed by atoms with Gasteiger partial charge in [-0.3, -0.25) is 10.1 Å². The first-order valence-electron chi connectivity index (χ1n) is 4.57. The second-order valence-corrected chi connectivity index (χ2v) is 3.15. The number of aliphatic hydroxyl groups is 1. The molecule has 0 spiro atoms. The maximum atomic E-state index is 10.4. The average Bonchev–Trinajstić information content (AvgIpc) is 2.16. The van der Waals surface area contributed by atoms with Gasteiger partial charge in [0, 0.05) is 19.4 Å². The molecule has 5 nitrogen and oxygen atoms in total. The predicted molar refractivity (Wildman–Crippen MR) is 52.2 cm³/mol. The van der Waals surface area contributed by atoms with Crippen molar-refractivity contribution in [2.75, 3.05) is 7.11 Å². The van der Waals surface area contributed by atoms with Gasteiger partial charge in [-0.25, -0.2) is 0 Å². The first-order valence-corrected chi connectivity index (χ1v) is 4.57. The Balaban J connectivity index is 4.18. The lowest BCUT2D eigenvalue weighted by Gasteiger charge is -2.14. The highest BCUT2D eigenvalue weighted by Gasteiger charge is 2.14. The van der Waals surface area contributed by atoms with Crippen LogP contribution in [-0.2, 0) is 4.74 Å². The van der Waals surface area contributed by atoms with E-state index in [1.165, 1.54) is 13.2 Å². The van der Waals surface area contributed by atoms with Gasteiger partial charge >= 0.3 is 0 Å². The molecule has 0 radical (unpaired) electrons. The molecule has 0 aromatic heterocycles. The van der Waals surface area contributed by atoms with Gasteiger partial charge in [-0.05, 0) is 12.5 Å². The first-order chi connectivity index (χ1) is 6.52. The van der Waals surface area contributed by atoms with Crippen LogP contribution in [0.5, 0.6) is 0 Å². The van der Waals surface area contributed by atoms with E-state index in [1.54, 1.807) is 13.8 Å². The Morgan fingerprint density at radius 1 is 1.71 bits per heavy atom. The van der Waals surface area contributed by atoms with Crippen LogP contribution in [0.4, 0.5) is 0 Å². The molecule has 0 saturated carbocycles. The summed E-state index contributed by atoms with van der Waals surface area (Å²) in [4.78, 5) is 10.0. The molecule has 0 aliphatic carbocycles. The van der Waals surface area contributed by atoms with Gasteiger partial charge in [-0.1, -0.05) is 13.8 Å². The smallest absolute Gasteiger partial charge is 0.242 e. The fraction of sp³-hybridized carbons (Fsp3) is 0.778. The molecule has 1 unspecified atom stereocenters. The minimum absolute atomic E-state index is 0.138. The Hall–Kier alpha value is -0.940. The topological polar surface area (TPSA) is 72.6 Å². The molecule has 0 aromatic rings. The fourth-order valence-electron chi connectivity index (χ4n) is 1.02. The van der Waals surface area contributed by atoms with Crippen molar-refractivity contribution in [1.29, 1.82) is 0 Å². The molecule has 0 aliphatic heterocycles. The third kappa shape index (κ3) is 4.34. The molecule has 14 heavy (non-hydrogen) atoms. The predicted octanol–water partition coefficient (Wildman–Crippen LogP) is 1.55. The van der Waals surface area contributed by atoms with Gasteiger partial charge in [0.2, 0.25) is 5.70 Å². The summed E-state index contributed by atoms with van der Waals surface area (Å²) in [6.45, 7) is 3.50. The molecule has 0 fully saturated rings. The number of allylic oxidation sites excluding steroid dienone is 2. The van der Waals surface area contributed by atoms with Crippen molar-refractivity contribution in [3.05, 3.63) is 21.9 Å². The van der Waals surface area contributed by atoms with Crippen molar-refractivity contribution in [2.45, 2.75) is 33.0 Å². The summed E-state index contributed by atoms with van der Waals surface area (Å²) in [5, 5.41) is 19.7. The Labute approximate surface area is 83.5 Å². The van der Waals surface area contributed by atoms with Crippen LogP contribution in [0.15, 0.2) is 11.8 Å². The maximum Gasteiger partial charge on any atom is 0.242 e. The standard InChI is InChI=1S/C9H17NO4/c1-4-8(10(12)13)6-5-7(2)9(11)14-3/h6-7,9,11H,4-5H2,1-3H3/b8-6+/t7-,9?/m0/s1. The highest BCUT2D eigenvalue weighted by atomic mass is 16.6. The Morgan fingerprint density at radius 3 is 2.64 bits per heavy atom. The third-order valence-electron chi connectivity index (χ3n) is 2.05. The molecule has 0 saturated heterocycles. The molecule has 0 amide bonds. The van der Waals surface area contributed by atoms with Crippen molar-refractivity contribution in [3.63, 3.8) is 0 Å². The summed E-state index contributed by atoms with van der Waals surface area (Å²) in [5.41, 5.74) is 0.181. The molecule has 0 aromatic carbocycles. The second kappa shape index (κ2) is 6.50. The quantitative estimate of drug-likeness (QED) is 0.404. The molecule has 0 aliphatic rings. The molecule has 5 heteroatoms. The van der Waals surface area contributed by atoms with Crippen LogP contribution in [-0.4, -0.2) is 23.4 Å². The second-order valence-electron chi connectivity index (χ2n) is 3.15. The number of aliphatic hydroxyl groups excluding tert-OH is 1. The lowest BCUT2D eigenvalue weighted by molar-refractivity contribution is -0.427. The van der Waals surface area contributed by atoms with Crippen molar-refractivity contribution in [3.8, 4) is 0 Å². The number of methoxy groups -OCH3 is 1. The maximum absolute atomic E-state index is 10.4. The van der Waals surface area contributed by atoms with Gasteiger partial charge in [-0.2, -0.15) is 0 Å². The van der Waals surface area contributed by atoms with Gasteiger partial charge in [0.25, 0.3) is 0 Å². The van der Waals surface area contributed by atoms with Crippen LogP contribution in [0, 0.1) is 16.0 Å². The molecular formula is C9H17NO4. The highest BCUT2D eigenvalue weighted by Crippen LogP contribution is 2.12. The summed E-state index contributed by atoms with van der Waals surface area (Å²) in [7, 11) is 1.40. The third-order valence-corrected chi connectivity index (χ3v) is 2.05. The van der Waals surface area contributed by atoms with Crippen molar-refractivity contribution in [2.24, 2.45) is 5.92 Å². The molecule has 2 atom stereocenters. The van der Waals surface area contributed by atoms with Crippen LogP contribution in [0.3, 0.4) is 0 Å². The van der Waals surface area contributed by atoms with Gasteiger partial charge in [0.1, 0.15) is 0 Å². The zero-order valence-corrected chi connectivity index (χ0v) is 8.77. The minimum Gasteiger partial charge on any atom is -0.368 e. The molecule has 0 bridgehead atoms. The molecule has 1 N–H and O–H groups in total. The van der Waals surface area contributed by atoms with Crippen LogP contribution in [0.25, 0.3) is 0 Å². The van der Waals surface area contributed by atoms with Crippen molar-refractivity contribution < 1.29 is 14.8 Å². The zero-order valence-electron chi connectivity index (χ0n) is 8.77.